The van der Waals surface area contributed by atoms with Crippen molar-refractivity contribution in [1.82, 2.24) is 15.8 Å². The third-order valence-electron chi connectivity index (χ3n) is 3.57. The van der Waals surface area contributed by atoms with E-state index in [1.165, 1.54) is 25.3 Å². The molecule has 24 heavy (non-hydrogen) atoms. The zero-order valence-corrected chi connectivity index (χ0v) is 12.8. The molecule has 1 heterocycles. The van der Waals surface area contributed by atoms with Crippen LogP contribution in [0.4, 0.5) is 0 Å². The number of benzene rings is 2. The summed E-state index contributed by atoms with van der Waals surface area (Å²) >= 11 is 0. The molecule has 3 rings (SSSR count). The van der Waals surface area contributed by atoms with E-state index in [0.29, 0.717) is 11.3 Å². The monoisotopic (exact) mass is 325 g/mol. The van der Waals surface area contributed by atoms with Crippen molar-refractivity contribution in [3.05, 3.63) is 59.8 Å². The molecule has 4 N–H and O–H groups in total. The fourth-order valence-electron chi connectivity index (χ4n) is 2.34. The van der Waals surface area contributed by atoms with Gasteiger partial charge < -0.3 is 14.8 Å². The van der Waals surface area contributed by atoms with E-state index in [0.717, 1.165) is 10.9 Å². The Hall–Kier alpha value is -3.48. The molecule has 7 nitrogen and oxygen atoms in total. The minimum absolute atomic E-state index is 0.0232. The Kier molecular flexibility index (Phi) is 4.07. The Morgan fingerprint density at radius 3 is 2.46 bits per heavy atom. The number of carbonyl (C=O) groups excluding carboxylic acids is 2. The minimum Gasteiger partial charge on any atom is -0.507 e. The van der Waals surface area contributed by atoms with Gasteiger partial charge in [-0.3, -0.25) is 20.4 Å². The molecule has 0 spiro atoms. The summed E-state index contributed by atoms with van der Waals surface area (Å²) in [6.07, 6.45) is 1.57. The number of hydrogen-bond acceptors (Lipinski definition) is 4. The highest BCUT2D eigenvalue weighted by Gasteiger charge is 2.15. The van der Waals surface area contributed by atoms with Crippen LogP contribution in [-0.2, 0) is 0 Å². The zero-order chi connectivity index (χ0) is 17.1. The summed E-state index contributed by atoms with van der Waals surface area (Å²) in [5.41, 5.74) is 5.86. The average molecular weight is 325 g/mol. The van der Waals surface area contributed by atoms with Crippen molar-refractivity contribution < 1.29 is 19.4 Å². The van der Waals surface area contributed by atoms with Gasteiger partial charge in [-0.05, 0) is 18.2 Å². The summed E-state index contributed by atoms with van der Waals surface area (Å²) < 4.78 is 4.95. The number of aromatic hydroxyl groups is 1. The lowest BCUT2D eigenvalue weighted by Crippen LogP contribution is -2.41. The number of para-hydroxylation sites is 1. The molecular weight excluding hydrogens is 310 g/mol. The van der Waals surface area contributed by atoms with Gasteiger partial charge in [0.1, 0.15) is 11.5 Å². The number of rotatable bonds is 3. The molecule has 2 amide bonds. The molecule has 0 bridgehead atoms. The Morgan fingerprint density at radius 2 is 1.75 bits per heavy atom. The average Bonchev–Trinajstić information content (AvgIpc) is 3.03. The summed E-state index contributed by atoms with van der Waals surface area (Å²) in [7, 11) is 1.45. The summed E-state index contributed by atoms with van der Waals surface area (Å²) in [4.78, 5) is 27.3. The number of ether oxygens (including phenoxy) is 1. The number of fused-ring (bicyclic) bond motifs is 1. The molecule has 1 aromatic heterocycles. The maximum atomic E-state index is 12.2. The largest absolute Gasteiger partial charge is 0.507 e. The zero-order valence-electron chi connectivity index (χ0n) is 12.8. The Morgan fingerprint density at radius 1 is 1.04 bits per heavy atom. The van der Waals surface area contributed by atoms with E-state index < -0.39 is 11.8 Å². The van der Waals surface area contributed by atoms with Crippen LogP contribution in [0.3, 0.4) is 0 Å². The second-order valence-electron chi connectivity index (χ2n) is 5.04. The van der Waals surface area contributed by atoms with E-state index in [9.17, 15) is 14.7 Å². The molecule has 0 fully saturated rings. The van der Waals surface area contributed by atoms with Crippen molar-refractivity contribution in [3.63, 3.8) is 0 Å². The number of nitrogens with one attached hydrogen (secondary N) is 3. The van der Waals surface area contributed by atoms with Gasteiger partial charge in [0.15, 0.2) is 0 Å². The van der Waals surface area contributed by atoms with Gasteiger partial charge >= 0.3 is 0 Å². The number of aromatic amines is 1. The van der Waals surface area contributed by atoms with E-state index >= 15 is 0 Å². The second-order valence-corrected chi connectivity index (χ2v) is 5.04. The van der Waals surface area contributed by atoms with Crippen LogP contribution >= 0.6 is 0 Å². The van der Waals surface area contributed by atoms with Crippen LogP contribution in [0.5, 0.6) is 11.5 Å². The first kappa shape index (κ1) is 15.4. The first-order valence-electron chi connectivity index (χ1n) is 7.14. The van der Waals surface area contributed by atoms with Crippen LogP contribution in [0.1, 0.15) is 20.7 Å². The standard InChI is InChI=1S/C17H15N3O4/c1-24-10-6-7-12(15(21)8-10)16(22)19-20-17(23)13-9-18-14-5-3-2-4-11(13)14/h2-9,18,21H,1H3,(H,19,22)(H,20,23). The minimum atomic E-state index is -0.636. The predicted molar refractivity (Wildman–Crippen MR) is 87.9 cm³/mol. The fraction of sp³-hybridized carbons (Fsp3) is 0.0588. The Labute approximate surface area is 137 Å². The number of methoxy groups -OCH3 is 1. The molecule has 0 saturated heterocycles. The molecule has 0 saturated carbocycles. The molecule has 0 radical (unpaired) electrons. The van der Waals surface area contributed by atoms with Crippen molar-refractivity contribution in [2.24, 2.45) is 0 Å². The second kappa shape index (κ2) is 6.33. The van der Waals surface area contributed by atoms with Crippen molar-refractivity contribution in [2.75, 3.05) is 7.11 Å². The molecule has 122 valence electrons. The van der Waals surface area contributed by atoms with Gasteiger partial charge in [0.25, 0.3) is 11.8 Å². The maximum absolute atomic E-state index is 12.2. The third kappa shape index (κ3) is 2.87. The molecule has 7 heteroatoms. The van der Waals surface area contributed by atoms with Gasteiger partial charge in [-0.15, -0.1) is 0 Å². The van der Waals surface area contributed by atoms with Crippen LogP contribution in [0.25, 0.3) is 10.9 Å². The van der Waals surface area contributed by atoms with Crippen LogP contribution in [0.15, 0.2) is 48.7 Å². The number of aromatic nitrogens is 1. The third-order valence-corrected chi connectivity index (χ3v) is 3.57. The first-order valence-corrected chi connectivity index (χ1v) is 7.14. The van der Waals surface area contributed by atoms with E-state index in [2.05, 4.69) is 15.8 Å². The molecule has 0 aliphatic rings. The lowest BCUT2D eigenvalue weighted by molar-refractivity contribution is 0.0846. The number of hydrogen-bond donors (Lipinski definition) is 4. The molecule has 0 unspecified atom stereocenters. The van der Waals surface area contributed by atoms with Crippen molar-refractivity contribution in [1.29, 1.82) is 0 Å². The fourth-order valence-corrected chi connectivity index (χ4v) is 2.34. The van der Waals surface area contributed by atoms with E-state index in [-0.39, 0.29) is 11.3 Å². The van der Waals surface area contributed by atoms with E-state index in [1.807, 2.05) is 18.2 Å². The quantitative estimate of drug-likeness (QED) is 0.553. The number of carbonyl (C=O) groups is 2. The van der Waals surface area contributed by atoms with Gasteiger partial charge in [-0.1, -0.05) is 18.2 Å². The van der Waals surface area contributed by atoms with Crippen molar-refractivity contribution >= 4 is 22.7 Å². The SMILES string of the molecule is COc1ccc(C(=O)NNC(=O)c2c[nH]c3ccccc23)c(O)c1. The highest BCUT2D eigenvalue weighted by molar-refractivity contribution is 6.07. The highest BCUT2D eigenvalue weighted by Crippen LogP contribution is 2.23. The predicted octanol–water partition coefficient (Wildman–Crippen LogP) is 1.96. The van der Waals surface area contributed by atoms with Gasteiger partial charge in [0.05, 0.1) is 18.2 Å². The smallest absolute Gasteiger partial charge is 0.273 e. The molecule has 3 aromatic rings. The highest BCUT2D eigenvalue weighted by atomic mass is 16.5. The van der Waals surface area contributed by atoms with Gasteiger partial charge in [0, 0.05) is 23.2 Å². The molecule has 0 aliphatic carbocycles. The number of amides is 2. The molecule has 2 aromatic carbocycles. The number of H-pyrrole nitrogens is 1. The summed E-state index contributed by atoms with van der Waals surface area (Å²) in [5.74, 6) is -0.919. The van der Waals surface area contributed by atoms with Crippen molar-refractivity contribution in [3.8, 4) is 11.5 Å². The van der Waals surface area contributed by atoms with Crippen molar-refractivity contribution in [2.45, 2.75) is 0 Å². The van der Waals surface area contributed by atoms with Gasteiger partial charge in [-0.2, -0.15) is 0 Å². The normalized spacial score (nSPS) is 10.4. The molecule has 0 aliphatic heterocycles. The first-order chi connectivity index (χ1) is 11.6. The number of phenolic OH excluding ortho intramolecular Hbond substituents is 1. The topological polar surface area (TPSA) is 103 Å². The Bertz CT molecular complexity index is 917. The summed E-state index contributed by atoms with van der Waals surface area (Å²) in [6, 6.07) is 11.6. The van der Waals surface area contributed by atoms with Gasteiger partial charge in [0.2, 0.25) is 0 Å². The number of phenols is 1. The summed E-state index contributed by atoms with van der Waals surface area (Å²) in [6.45, 7) is 0. The van der Waals surface area contributed by atoms with Crippen LogP contribution in [-0.4, -0.2) is 29.0 Å². The number of hydrazine groups is 1. The molecule has 0 atom stereocenters. The van der Waals surface area contributed by atoms with Crippen LogP contribution < -0.4 is 15.6 Å². The Balaban J connectivity index is 1.71. The van der Waals surface area contributed by atoms with Crippen LogP contribution in [0.2, 0.25) is 0 Å². The van der Waals surface area contributed by atoms with Gasteiger partial charge in [-0.25, -0.2) is 0 Å². The lowest BCUT2D eigenvalue weighted by Gasteiger charge is -2.09. The lowest BCUT2D eigenvalue weighted by atomic mass is 10.1. The van der Waals surface area contributed by atoms with E-state index in [4.69, 9.17) is 4.74 Å². The molecular formula is C17H15N3O4. The maximum Gasteiger partial charge on any atom is 0.273 e. The van der Waals surface area contributed by atoms with Crippen LogP contribution in [0, 0.1) is 0 Å². The van der Waals surface area contributed by atoms with E-state index in [1.54, 1.807) is 12.3 Å². The summed E-state index contributed by atoms with van der Waals surface area (Å²) in [5, 5.41) is 10.6.